The van der Waals surface area contributed by atoms with E-state index in [0.29, 0.717) is 31.7 Å². The van der Waals surface area contributed by atoms with Crippen LogP contribution in [0.3, 0.4) is 0 Å². The van der Waals surface area contributed by atoms with E-state index in [0.717, 1.165) is 11.1 Å². The van der Waals surface area contributed by atoms with Gasteiger partial charge in [0.15, 0.2) is 5.16 Å². The molecule has 2 aromatic heterocycles. The van der Waals surface area contributed by atoms with Gasteiger partial charge in [-0.2, -0.15) is 0 Å². The van der Waals surface area contributed by atoms with Crippen LogP contribution in [0, 0.1) is 6.92 Å². The van der Waals surface area contributed by atoms with Gasteiger partial charge in [-0.1, -0.05) is 52.6 Å². The Morgan fingerprint density at radius 1 is 1.04 bits per heavy atom. The van der Waals surface area contributed by atoms with E-state index in [4.69, 9.17) is 34.8 Å². The number of thioether (sulfide) groups is 1. The third kappa shape index (κ3) is 3.65. The number of rotatable bonds is 4. The van der Waals surface area contributed by atoms with Crippen LogP contribution in [0.25, 0.3) is 11.3 Å². The molecular formula is C19H13Cl3N4OS. The molecule has 0 fully saturated rings. The number of halogens is 3. The van der Waals surface area contributed by atoms with E-state index in [1.165, 1.54) is 16.3 Å². The van der Waals surface area contributed by atoms with Gasteiger partial charge >= 0.3 is 5.56 Å². The standard InChI is InChI=1S/C19H13Cl3N4OS/c1-11-15(22)3-2-4-16(11)25-5-6-26-17(18(25)27)23-24-19(26)28-10-12-7-13(20)9-14(21)8-12/h2-9H,10H2,1H3. The van der Waals surface area contributed by atoms with Crippen molar-refractivity contribution >= 4 is 52.2 Å². The first-order chi connectivity index (χ1) is 13.4. The van der Waals surface area contributed by atoms with Gasteiger partial charge in [0.05, 0.1) is 5.69 Å². The van der Waals surface area contributed by atoms with E-state index in [9.17, 15) is 4.79 Å². The van der Waals surface area contributed by atoms with Crippen LogP contribution < -0.4 is 5.56 Å². The van der Waals surface area contributed by atoms with E-state index >= 15 is 0 Å². The molecule has 0 aliphatic carbocycles. The third-order valence-corrected chi connectivity index (χ3v) is 6.09. The number of hydrogen-bond acceptors (Lipinski definition) is 4. The molecule has 0 saturated carbocycles. The number of aromatic nitrogens is 4. The summed E-state index contributed by atoms with van der Waals surface area (Å²) < 4.78 is 3.20. The predicted molar refractivity (Wildman–Crippen MR) is 114 cm³/mol. The van der Waals surface area contributed by atoms with Gasteiger partial charge in [0.25, 0.3) is 0 Å². The summed E-state index contributed by atoms with van der Waals surface area (Å²) in [7, 11) is 0. The van der Waals surface area contributed by atoms with E-state index in [1.807, 2.05) is 31.2 Å². The molecule has 5 nitrogen and oxygen atoms in total. The molecule has 0 aliphatic rings. The van der Waals surface area contributed by atoms with Crippen molar-refractivity contribution in [3.63, 3.8) is 0 Å². The SMILES string of the molecule is Cc1c(Cl)cccc1-n1ccn2c(SCc3cc(Cl)cc(Cl)c3)nnc2c1=O. The lowest BCUT2D eigenvalue weighted by Gasteiger charge is -2.10. The molecule has 0 aliphatic heterocycles. The lowest BCUT2D eigenvalue weighted by atomic mass is 10.2. The maximum absolute atomic E-state index is 12.9. The van der Waals surface area contributed by atoms with Crippen LogP contribution in [-0.2, 0) is 5.75 Å². The molecule has 0 bridgehead atoms. The molecule has 0 saturated heterocycles. The lowest BCUT2D eigenvalue weighted by Crippen LogP contribution is -2.21. The van der Waals surface area contributed by atoms with E-state index in [2.05, 4.69) is 10.2 Å². The largest absolute Gasteiger partial charge is 0.300 e. The van der Waals surface area contributed by atoms with E-state index in [-0.39, 0.29) is 11.2 Å². The number of nitrogens with zero attached hydrogens (tertiary/aromatic N) is 4. The molecule has 2 aromatic carbocycles. The summed E-state index contributed by atoms with van der Waals surface area (Å²) in [5.74, 6) is 0.595. The van der Waals surface area contributed by atoms with Crippen LogP contribution in [0.1, 0.15) is 11.1 Å². The minimum atomic E-state index is -0.266. The Bertz CT molecular complexity index is 1230. The van der Waals surface area contributed by atoms with Crippen LogP contribution in [0.4, 0.5) is 0 Å². The summed E-state index contributed by atoms with van der Waals surface area (Å²) >= 11 is 19.7. The van der Waals surface area contributed by atoms with Crippen LogP contribution >= 0.6 is 46.6 Å². The Morgan fingerprint density at radius 3 is 2.54 bits per heavy atom. The Balaban J connectivity index is 1.69. The molecule has 9 heteroatoms. The van der Waals surface area contributed by atoms with Crippen LogP contribution in [0.5, 0.6) is 0 Å². The second-order valence-corrected chi connectivity index (χ2v) is 8.32. The second-order valence-electron chi connectivity index (χ2n) is 6.10. The van der Waals surface area contributed by atoms with Crippen molar-refractivity contribution in [2.45, 2.75) is 17.8 Å². The number of hydrogen-bond donors (Lipinski definition) is 0. The maximum atomic E-state index is 12.9. The first kappa shape index (κ1) is 19.3. The van der Waals surface area contributed by atoms with Crippen LogP contribution in [0.15, 0.2) is 58.7 Å². The molecule has 0 spiro atoms. The van der Waals surface area contributed by atoms with Gasteiger partial charge in [-0.3, -0.25) is 13.8 Å². The highest BCUT2D eigenvalue weighted by atomic mass is 35.5. The van der Waals surface area contributed by atoms with E-state index in [1.54, 1.807) is 28.9 Å². The Labute approximate surface area is 179 Å². The molecule has 142 valence electrons. The molecule has 4 rings (SSSR count). The van der Waals surface area contributed by atoms with Crippen LogP contribution in [0.2, 0.25) is 15.1 Å². The summed E-state index contributed by atoms with van der Waals surface area (Å²) in [5.41, 5.74) is 2.47. The second kappa shape index (κ2) is 7.79. The molecule has 0 amide bonds. The first-order valence-electron chi connectivity index (χ1n) is 8.23. The summed E-state index contributed by atoms with van der Waals surface area (Å²) in [6.07, 6.45) is 3.46. The number of benzene rings is 2. The van der Waals surface area contributed by atoms with Gasteiger partial charge < -0.3 is 0 Å². The summed E-state index contributed by atoms with van der Waals surface area (Å²) in [6, 6.07) is 10.8. The van der Waals surface area contributed by atoms with E-state index < -0.39 is 0 Å². The van der Waals surface area contributed by atoms with Crippen LogP contribution in [-0.4, -0.2) is 19.2 Å². The average molecular weight is 452 g/mol. The zero-order chi connectivity index (χ0) is 19.8. The quantitative estimate of drug-likeness (QED) is 0.388. The Kier molecular flexibility index (Phi) is 5.38. The zero-order valence-electron chi connectivity index (χ0n) is 14.6. The lowest BCUT2D eigenvalue weighted by molar-refractivity contribution is 0.890. The normalized spacial score (nSPS) is 11.3. The highest BCUT2D eigenvalue weighted by Gasteiger charge is 2.14. The monoisotopic (exact) mass is 450 g/mol. The predicted octanol–water partition coefficient (Wildman–Crippen LogP) is 5.44. The number of fused-ring (bicyclic) bond motifs is 1. The molecule has 28 heavy (non-hydrogen) atoms. The van der Waals surface area contributed by atoms with Gasteiger partial charge in [0.2, 0.25) is 5.65 Å². The first-order valence-corrected chi connectivity index (χ1v) is 10.4. The fourth-order valence-corrected chi connectivity index (χ4v) is 4.44. The smallest absolute Gasteiger partial charge is 0.279 e. The molecule has 0 atom stereocenters. The van der Waals surface area contributed by atoms with Crippen molar-refractivity contribution < 1.29 is 0 Å². The summed E-state index contributed by atoms with van der Waals surface area (Å²) in [4.78, 5) is 12.9. The van der Waals surface area contributed by atoms with Gasteiger partial charge in [-0.05, 0) is 48.4 Å². The molecule has 2 heterocycles. The van der Waals surface area contributed by atoms with Crippen molar-refractivity contribution in [2.24, 2.45) is 0 Å². The van der Waals surface area contributed by atoms with Crippen molar-refractivity contribution in [3.05, 3.63) is 85.3 Å². The minimum Gasteiger partial charge on any atom is -0.279 e. The van der Waals surface area contributed by atoms with Gasteiger partial charge in [-0.15, -0.1) is 10.2 Å². The van der Waals surface area contributed by atoms with Gasteiger partial charge in [0.1, 0.15) is 0 Å². The fraction of sp³-hybridized carbons (Fsp3) is 0.105. The van der Waals surface area contributed by atoms with Crippen molar-refractivity contribution in [2.75, 3.05) is 0 Å². The zero-order valence-corrected chi connectivity index (χ0v) is 17.6. The summed E-state index contributed by atoms with van der Waals surface area (Å²) in [6.45, 7) is 1.87. The molecule has 0 unspecified atom stereocenters. The van der Waals surface area contributed by atoms with Crippen molar-refractivity contribution in [1.29, 1.82) is 0 Å². The molecular weight excluding hydrogens is 439 g/mol. The highest BCUT2D eigenvalue weighted by molar-refractivity contribution is 7.98. The highest BCUT2D eigenvalue weighted by Crippen LogP contribution is 2.26. The Hall–Kier alpha value is -1.99. The maximum Gasteiger partial charge on any atom is 0.300 e. The van der Waals surface area contributed by atoms with Gasteiger partial charge in [-0.25, -0.2) is 0 Å². The molecule has 0 radical (unpaired) electrons. The Morgan fingerprint density at radius 2 is 1.79 bits per heavy atom. The molecule has 0 N–H and O–H groups in total. The fourth-order valence-electron chi connectivity index (χ4n) is 2.85. The topological polar surface area (TPSA) is 52.2 Å². The summed E-state index contributed by atoms with van der Waals surface area (Å²) in [5, 5.41) is 10.6. The average Bonchev–Trinajstić information content (AvgIpc) is 3.06. The van der Waals surface area contributed by atoms with Crippen molar-refractivity contribution in [1.82, 2.24) is 19.2 Å². The minimum absolute atomic E-state index is 0.244. The molecule has 4 aromatic rings. The third-order valence-electron chi connectivity index (χ3n) is 4.23. The van der Waals surface area contributed by atoms with Crippen molar-refractivity contribution in [3.8, 4) is 5.69 Å². The van der Waals surface area contributed by atoms with Gasteiger partial charge in [0, 0.05) is 33.2 Å².